The maximum atomic E-state index is 6.44. The summed E-state index contributed by atoms with van der Waals surface area (Å²) >= 11 is 0. The first kappa shape index (κ1) is 25.0. The van der Waals surface area contributed by atoms with Crippen molar-refractivity contribution in [3.05, 3.63) is 187 Å². The van der Waals surface area contributed by atoms with E-state index in [1.54, 1.807) is 0 Å². The van der Waals surface area contributed by atoms with Crippen LogP contribution in [0.1, 0.15) is 0 Å². The van der Waals surface area contributed by atoms with E-state index in [2.05, 4.69) is 182 Å². The Morgan fingerprint density at radius 3 is 0.538 bits per heavy atom. The Kier molecular flexibility index (Phi) is 7.20. The van der Waals surface area contributed by atoms with Gasteiger partial charge in [0.1, 0.15) is 0 Å². The van der Waals surface area contributed by atoms with Crippen LogP contribution in [0.2, 0.25) is 0 Å². The van der Waals surface area contributed by atoms with E-state index in [0.717, 1.165) is 0 Å². The fourth-order valence-electron chi connectivity index (χ4n) is 5.71. The molecule has 0 aliphatic rings. The van der Waals surface area contributed by atoms with Crippen molar-refractivity contribution in [2.75, 3.05) is 0 Å². The summed E-state index contributed by atoms with van der Waals surface area (Å²) in [5, 5.41) is 7.76. The highest BCUT2D eigenvalue weighted by Gasteiger charge is 2.39. The summed E-state index contributed by atoms with van der Waals surface area (Å²) < 4.78 is 6.44. The molecule has 0 aromatic heterocycles. The molecule has 0 aliphatic carbocycles. The minimum atomic E-state index is -2.92. The van der Waals surface area contributed by atoms with Crippen LogP contribution in [0.5, 0.6) is 0 Å². The molecule has 188 valence electrons. The van der Waals surface area contributed by atoms with Crippen LogP contribution < -0.4 is 31.1 Å². The van der Waals surface area contributed by atoms with Crippen molar-refractivity contribution in [1.29, 1.82) is 0 Å². The van der Waals surface area contributed by atoms with Gasteiger partial charge < -0.3 is 4.65 Å². The van der Waals surface area contributed by atoms with Crippen LogP contribution in [0, 0.1) is 0 Å². The number of benzene rings is 6. The Morgan fingerprint density at radius 1 is 0.231 bits per heavy atom. The zero-order chi connectivity index (χ0) is 26.4. The van der Waals surface area contributed by atoms with E-state index in [9.17, 15) is 0 Å². The van der Waals surface area contributed by atoms with E-state index in [0.29, 0.717) is 0 Å². The highest BCUT2D eigenvalue weighted by Crippen LogP contribution is 2.24. The molecule has 0 radical (unpaired) electrons. The lowest BCUT2D eigenvalue weighted by molar-refractivity contribution is 1.65. The van der Waals surface area contributed by atoms with Crippen LogP contribution in [0.25, 0.3) is 4.65 Å². The van der Waals surface area contributed by atoms with Crippen molar-refractivity contribution in [3.63, 3.8) is 0 Å². The first-order valence-electron chi connectivity index (χ1n) is 13.4. The molecule has 0 bridgehead atoms. The quantitative estimate of drug-likeness (QED) is 0.199. The minimum Gasteiger partial charge on any atom is -0.644 e. The molecule has 0 saturated heterocycles. The van der Waals surface area contributed by atoms with E-state index >= 15 is 0 Å². The lowest BCUT2D eigenvalue weighted by Gasteiger charge is -2.57. The summed E-state index contributed by atoms with van der Waals surface area (Å²) in [5.41, 5.74) is 0. The average molecular weight is 533 g/mol. The van der Waals surface area contributed by atoms with E-state index < -0.39 is 16.5 Å². The van der Waals surface area contributed by atoms with Gasteiger partial charge in [0.2, 0.25) is 0 Å². The monoisotopic (exact) mass is 532 g/mol. The third kappa shape index (κ3) is 4.62. The molecule has 1 nitrogen and oxygen atoms in total. The molecule has 0 aliphatic heterocycles. The first-order chi connectivity index (χ1) is 19.3. The van der Waals surface area contributed by atoms with Gasteiger partial charge in [0.05, 0.1) is 0 Å². The number of rotatable bonds is 8. The third-order valence-corrected chi connectivity index (χ3v) is 17.2. The molecule has 6 aromatic carbocycles. The largest absolute Gasteiger partial charge is 0.644 e. The van der Waals surface area contributed by atoms with E-state index in [4.69, 9.17) is 4.65 Å². The smallest absolute Gasteiger partial charge is 0.0448 e. The zero-order valence-corrected chi connectivity index (χ0v) is 23.8. The summed E-state index contributed by atoms with van der Waals surface area (Å²) in [6.45, 7) is 0. The number of hydrogen-bond donors (Lipinski definition) is 0. The van der Waals surface area contributed by atoms with Gasteiger partial charge in [-0.25, -0.2) is 0 Å². The second-order valence-corrected chi connectivity index (χ2v) is 16.9. The zero-order valence-electron chi connectivity index (χ0n) is 21.8. The van der Waals surface area contributed by atoms with Crippen molar-refractivity contribution >= 4 is 47.6 Å². The molecular formula is C36H30NSi2-. The van der Waals surface area contributed by atoms with Gasteiger partial charge in [0.25, 0.3) is 0 Å². The summed E-state index contributed by atoms with van der Waals surface area (Å²) in [7, 11) is -5.84. The molecule has 6 rings (SSSR count). The molecule has 0 heterocycles. The van der Waals surface area contributed by atoms with Crippen LogP contribution in [0.3, 0.4) is 0 Å². The summed E-state index contributed by atoms with van der Waals surface area (Å²) in [6.07, 6.45) is 0. The van der Waals surface area contributed by atoms with Crippen LogP contribution in [-0.4, -0.2) is 16.5 Å². The second kappa shape index (κ2) is 11.2. The summed E-state index contributed by atoms with van der Waals surface area (Å²) in [4.78, 5) is 0. The standard InChI is InChI=1S/C36H30NSi2/c1-7-19-31(20-8-1)38(32-21-9-2-10-22-32,33-23-11-3-12-24-33)37-39(34-25-13-4-14-26-34,35-27-15-5-16-28-35)36-29-17-6-18-30-36/h1-30H/q-1. The van der Waals surface area contributed by atoms with E-state index in [-0.39, 0.29) is 0 Å². The highest BCUT2D eigenvalue weighted by molar-refractivity contribution is 7.30. The molecule has 39 heavy (non-hydrogen) atoms. The Labute approximate surface area is 233 Å². The molecular weight excluding hydrogens is 503 g/mol. The fraction of sp³-hybridized carbons (Fsp3) is 0. The third-order valence-electron chi connectivity index (χ3n) is 7.48. The van der Waals surface area contributed by atoms with Crippen LogP contribution in [0.4, 0.5) is 0 Å². The van der Waals surface area contributed by atoms with Gasteiger partial charge in [0.15, 0.2) is 0 Å². The molecule has 0 spiro atoms. The topological polar surface area (TPSA) is 14.1 Å². The Morgan fingerprint density at radius 2 is 0.385 bits per heavy atom. The van der Waals surface area contributed by atoms with Gasteiger partial charge in [-0.3, -0.25) is 0 Å². The number of nitrogens with zero attached hydrogens (tertiary/aromatic N) is 1. The fourth-order valence-corrected chi connectivity index (χ4v) is 16.9. The van der Waals surface area contributed by atoms with E-state index in [1.165, 1.54) is 31.1 Å². The predicted octanol–water partition coefficient (Wildman–Crippen LogP) is 4.69. The van der Waals surface area contributed by atoms with Crippen LogP contribution >= 0.6 is 0 Å². The van der Waals surface area contributed by atoms with Gasteiger partial charge in [-0.2, -0.15) is 0 Å². The Balaban J connectivity index is 1.76. The lowest BCUT2D eigenvalue weighted by Crippen LogP contribution is -2.77. The Bertz CT molecular complexity index is 1270. The average Bonchev–Trinajstić information content (AvgIpc) is 3.04. The van der Waals surface area contributed by atoms with Crippen molar-refractivity contribution in [2.24, 2.45) is 0 Å². The SMILES string of the molecule is c1ccc([Si]([N-][Si](c2ccccc2)(c2ccccc2)c2ccccc2)(c2ccccc2)c2ccccc2)cc1. The van der Waals surface area contributed by atoms with Crippen LogP contribution in [0.15, 0.2) is 182 Å². The molecule has 0 N–H and O–H groups in total. The van der Waals surface area contributed by atoms with Gasteiger partial charge in [-0.05, 0) is 0 Å². The highest BCUT2D eigenvalue weighted by atomic mass is 28.4. The Hall–Kier alpha value is -4.29. The van der Waals surface area contributed by atoms with Gasteiger partial charge in [-0.15, -0.1) is 0 Å². The molecule has 3 heteroatoms. The maximum Gasteiger partial charge on any atom is 0.0448 e. The van der Waals surface area contributed by atoms with Gasteiger partial charge >= 0.3 is 0 Å². The van der Waals surface area contributed by atoms with Gasteiger partial charge in [-0.1, -0.05) is 213 Å². The normalized spacial score (nSPS) is 11.7. The van der Waals surface area contributed by atoms with Crippen molar-refractivity contribution in [2.45, 2.75) is 0 Å². The van der Waals surface area contributed by atoms with Crippen molar-refractivity contribution in [1.82, 2.24) is 0 Å². The minimum absolute atomic E-state index is 1.29. The molecule has 6 aromatic rings. The second-order valence-electron chi connectivity index (χ2n) is 9.73. The van der Waals surface area contributed by atoms with Gasteiger partial charge in [0, 0.05) is 16.5 Å². The lowest BCUT2D eigenvalue weighted by atomic mass is 10.3. The molecule has 0 unspecified atom stereocenters. The number of hydrogen-bond acceptors (Lipinski definition) is 0. The summed E-state index contributed by atoms with van der Waals surface area (Å²) in [6, 6.07) is 66.0. The molecule has 0 fully saturated rings. The van der Waals surface area contributed by atoms with Crippen molar-refractivity contribution < 1.29 is 0 Å². The molecule has 0 amide bonds. The molecule has 0 atom stereocenters. The maximum absolute atomic E-state index is 6.44. The van der Waals surface area contributed by atoms with E-state index in [1.807, 2.05) is 0 Å². The van der Waals surface area contributed by atoms with Crippen molar-refractivity contribution in [3.8, 4) is 0 Å². The predicted molar refractivity (Wildman–Crippen MR) is 171 cm³/mol. The van der Waals surface area contributed by atoms with Crippen LogP contribution in [-0.2, 0) is 0 Å². The first-order valence-corrected chi connectivity index (χ1v) is 17.3. The molecule has 0 saturated carbocycles. The summed E-state index contributed by atoms with van der Waals surface area (Å²) in [5.74, 6) is 0.